The van der Waals surface area contributed by atoms with Crippen molar-refractivity contribution in [1.29, 1.82) is 0 Å². The van der Waals surface area contributed by atoms with Crippen LogP contribution < -0.4 is 9.46 Å². The first-order valence-corrected chi connectivity index (χ1v) is 9.43. The SMILES string of the molecule is Cc1nccn1-c1cc(CNS(=O)(=O)c2ccc(OC(F)(F)F)cc2)ccn1. The summed E-state index contributed by atoms with van der Waals surface area (Å²) in [6.45, 7) is 1.79. The summed E-state index contributed by atoms with van der Waals surface area (Å²) in [6, 6.07) is 7.31. The highest BCUT2D eigenvalue weighted by atomic mass is 32.2. The van der Waals surface area contributed by atoms with Crippen LogP contribution in [-0.4, -0.2) is 29.3 Å². The Hall–Kier alpha value is -2.92. The fraction of sp³-hybridized carbons (Fsp3) is 0.176. The molecule has 0 saturated carbocycles. The summed E-state index contributed by atoms with van der Waals surface area (Å²) in [5.41, 5.74) is 0.652. The van der Waals surface area contributed by atoms with E-state index in [4.69, 9.17) is 0 Å². The molecular weight excluding hydrogens is 397 g/mol. The lowest BCUT2D eigenvalue weighted by atomic mass is 10.2. The number of pyridine rings is 1. The minimum Gasteiger partial charge on any atom is -0.406 e. The summed E-state index contributed by atoms with van der Waals surface area (Å²) < 4.78 is 69.1. The second-order valence-corrected chi connectivity index (χ2v) is 7.48. The van der Waals surface area contributed by atoms with Crippen molar-refractivity contribution in [2.75, 3.05) is 0 Å². The van der Waals surface area contributed by atoms with E-state index in [1.54, 1.807) is 35.3 Å². The average molecular weight is 412 g/mol. The van der Waals surface area contributed by atoms with Crippen molar-refractivity contribution in [3.05, 3.63) is 66.4 Å². The molecule has 2 heterocycles. The lowest BCUT2D eigenvalue weighted by Gasteiger charge is -2.11. The molecule has 28 heavy (non-hydrogen) atoms. The Morgan fingerprint density at radius 3 is 2.43 bits per heavy atom. The third-order valence-corrected chi connectivity index (χ3v) is 5.13. The maximum Gasteiger partial charge on any atom is 0.573 e. The lowest BCUT2D eigenvalue weighted by molar-refractivity contribution is -0.274. The number of nitrogens with zero attached hydrogens (tertiary/aromatic N) is 3. The highest BCUT2D eigenvalue weighted by molar-refractivity contribution is 7.89. The largest absolute Gasteiger partial charge is 0.573 e. The van der Waals surface area contributed by atoms with Gasteiger partial charge in [0.25, 0.3) is 0 Å². The van der Waals surface area contributed by atoms with Crippen LogP contribution in [0.25, 0.3) is 5.82 Å². The minimum atomic E-state index is -4.84. The van der Waals surface area contributed by atoms with E-state index in [0.29, 0.717) is 11.4 Å². The zero-order chi connectivity index (χ0) is 20.4. The monoisotopic (exact) mass is 412 g/mol. The molecule has 0 saturated heterocycles. The van der Waals surface area contributed by atoms with Crippen molar-refractivity contribution >= 4 is 10.0 Å². The summed E-state index contributed by atoms with van der Waals surface area (Å²) in [4.78, 5) is 8.15. The molecule has 3 aromatic rings. The van der Waals surface area contributed by atoms with Crippen molar-refractivity contribution in [3.63, 3.8) is 0 Å². The lowest BCUT2D eigenvalue weighted by Crippen LogP contribution is -2.23. The first-order valence-electron chi connectivity index (χ1n) is 7.95. The van der Waals surface area contributed by atoms with E-state index in [1.807, 2.05) is 6.92 Å². The topological polar surface area (TPSA) is 86.1 Å². The molecule has 0 amide bonds. The third-order valence-electron chi connectivity index (χ3n) is 3.72. The second-order valence-electron chi connectivity index (χ2n) is 5.71. The summed E-state index contributed by atoms with van der Waals surface area (Å²) in [5, 5.41) is 0. The molecule has 0 aliphatic rings. The molecule has 1 aromatic carbocycles. The van der Waals surface area contributed by atoms with E-state index < -0.39 is 22.1 Å². The zero-order valence-corrected chi connectivity index (χ0v) is 15.3. The van der Waals surface area contributed by atoms with Crippen molar-refractivity contribution < 1.29 is 26.3 Å². The van der Waals surface area contributed by atoms with E-state index in [0.717, 1.165) is 30.1 Å². The molecule has 0 atom stereocenters. The van der Waals surface area contributed by atoms with Gasteiger partial charge in [-0.2, -0.15) is 0 Å². The highest BCUT2D eigenvalue weighted by Gasteiger charge is 2.31. The number of ether oxygens (including phenoxy) is 1. The van der Waals surface area contributed by atoms with Gasteiger partial charge in [-0.15, -0.1) is 13.2 Å². The third kappa shape index (κ3) is 4.87. The van der Waals surface area contributed by atoms with Crippen LogP contribution in [0, 0.1) is 6.92 Å². The van der Waals surface area contributed by atoms with Gasteiger partial charge in [-0.05, 0) is 48.9 Å². The number of nitrogens with one attached hydrogen (secondary N) is 1. The second kappa shape index (κ2) is 7.60. The van der Waals surface area contributed by atoms with Crippen LogP contribution in [0.3, 0.4) is 0 Å². The Labute approximate surface area is 158 Å². The van der Waals surface area contributed by atoms with Crippen LogP contribution in [0.5, 0.6) is 5.75 Å². The molecule has 7 nitrogen and oxygen atoms in total. The number of hydrogen-bond acceptors (Lipinski definition) is 5. The summed E-state index contributed by atoms with van der Waals surface area (Å²) in [7, 11) is -3.92. The van der Waals surface area contributed by atoms with Gasteiger partial charge in [-0.1, -0.05) is 0 Å². The Kier molecular flexibility index (Phi) is 5.38. The van der Waals surface area contributed by atoms with Gasteiger partial charge in [0.05, 0.1) is 4.90 Å². The molecular formula is C17H15F3N4O3S. The number of sulfonamides is 1. The van der Waals surface area contributed by atoms with Crippen molar-refractivity contribution in [3.8, 4) is 11.6 Å². The molecule has 0 radical (unpaired) electrons. The van der Waals surface area contributed by atoms with Crippen molar-refractivity contribution in [1.82, 2.24) is 19.3 Å². The summed E-state index contributed by atoms with van der Waals surface area (Å²) in [6.07, 6.45) is 0.0573. The van der Waals surface area contributed by atoms with E-state index in [2.05, 4.69) is 19.4 Å². The fourth-order valence-electron chi connectivity index (χ4n) is 2.40. The molecule has 0 fully saturated rings. The van der Waals surface area contributed by atoms with E-state index in [9.17, 15) is 21.6 Å². The molecule has 0 spiro atoms. The number of halogens is 3. The first kappa shape index (κ1) is 19.8. The number of aryl methyl sites for hydroxylation is 1. The predicted molar refractivity (Wildman–Crippen MR) is 93.2 cm³/mol. The number of hydrogen-bond donors (Lipinski definition) is 1. The molecule has 0 aliphatic heterocycles. The Morgan fingerprint density at radius 1 is 1.11 bits per heavy atom. The van der Waals surface area contributed by atoms with Crippen LogP contribution in [0.2, 0.25) is 0 Å². The average Bonchev–Trinajstić information content (AvgIpc) is 3.05. The molecule has 148 valence electrons. The van der Waals surface area contributed by atoms with Gasteiger partial charge in [0.1, 0.15) is 17.4 Å². The summed E-state index contributed by atoms with van der Waals surface area (Å²) >= 11 is 0. The van der Waals surface area contributed by atoms with Crippen LogP contribution >= 0.6 is 0 Å². The van der Waals surface area contributed by atoms with Crippen LogP contribution in [0.1, 0.15) is 11.4 Å². The maximum absolute atomic E-state index is 12.4. The standard InChI is InChI=1S/C17H15F3N4O3S/c1-12-21-8-9-24(12)16-10-13(6-7-22-16)11-23-28(25,26)15-4-2-14(3-5-15)27-17(18,19)20/h2-10,23H,11H2,1H3. The van der Waals surface area contributed by atoms with Gasteiger partial charge >= 0.3 is 6.36 Å². The molecule has 0 bridgehead atoms. The summed E-state index contributed by atoms with van der Waals surface area (Å²) in [5.74, 6) is 0.813. The van der Waals surface area contributed by atoms with Crippen LogP contribution in [-0.2, 0) is 16.6 Å². The molecule has 1 N–H and O–H groups in total. The number of imidazole rings is 1. The Balaban J connectivity index is 1.71. The zero-order valence-electron chi connectivity index (χ0n) is 14.5. The van der Waals surface area contributed by atoms with Gasteiger partial charge in [-0.3, -0.25) is 4.57 Å². The molecule has 0 unspecified atom stereocenters. The Morgan fingerprint density at radius 2 is 1.82 bits per heavy atom. The van der Waals surface area contributed by atoms with Crippen LogP contribution in [0.4, 0.5) is 13.2 Å². The van der Waals surface area contributed by atoms with Crippen molar-refractivity contribution in [2.24, 2.45) is 0 Å². The van der Waals surface area contributed by atoms with Gasteiger partial charge in [0.2, 0.25) is 10.0 Å². The van der Waals surface area contributed by atoms with Gasteiger partial charge in [-0.25, -0.2) is 23.1 Å². The van der Waals surface area contributed by atoms with E-state index >= 15 is 0 Å². The molecule has 2 aromatic heterocycles. The van der Waals surface area contributed by atoms with Gasteiger partial charge in [0, 0.05) is 25.1 Å². The Bertz CT molecular complexity index is 1060. The number of aromatic nitrogens is 3. The first-order chi connectivity index (χ1) is 13.1. The van der Waals surface area contributed by atoms with Gasteiger partial charge < -0.3 is 4.74 Å². The minimum absolute atomic E-state index is 0.0214. The van der Waals surface area contributed by atoms with E-state index in [1.165, 1.54) is 0 Å². The number of alkyl halides is 3. The molecule has 0 aliphatic carbocycles. The van der Waals surface area contributed by atoms with Gasteiger partial charge in [0.15, 0.2) is 0 Å². The maximum atomic E-state index is 12.4. The smallest absolute Gasteiger partial charge is 0.406 e. The number of benzene rings is 1. The highest BCUT2D eigenvalue weighted by Crippen LogP contribution is 2.24. The predicted octanol–water partition coefficient (Wildman–Crippen LogP) is 2.95. The van der Waals surface area contributed by atoms with Crippen molar-refractivity contribution in [2.45, 2.75) is 24.7 Å². The normalized spacial score (nSPS) is 12.1. The molecule has 11 heteroatoms. The van der Waals surface area contributed by atoms with E-state index in [-0.39, 0.29) is 11.4 Å². The van der Waals surface area contributed by atoms with Crippen LogP contribution in [0.15, 0.2) is 59.9 Å². The fourth-order valence-corrected chi connectivity index (χ4v) is 3.42. The number of rotatable bonds is 6. The quantitative estimate of drug-likeness (QED) is 0.673. The molecule has 3 rings (SSSR count).